The molecule has 7 heteroatoms. The van der Waals surface area contributed by atoms with Crippen LogP contribution in [0.1, 0.15) is 29.8 Å². The van der Waals surface area contributed by atoms with Crippen molar-refractivity contribution in [2.24, 2.45) is 7.05 Å². The number of nitrogens with one attached hydrogen (secondary N) is 2. The van der Waals surface area contributed by atoms with Crippen molar-refractivity contribution >= 4 is 33.3 Å². The van der Waals surface area contributed by atoms with E-state index >= 15 is 0 Å². The van der Waals surface area contributed by atoms with Crippen molar-refractivity contribution < 1.29 is 4.79 Å². The van der Waals surface area contributed by atoms with Gasteiger partial charge in [0.25, 0.3) is 0 Å². The molecule has 1 atom stereocenters. The second-order valence-corrected chi connectivity index (χ2v) is 7.58. The lowest BCUT2D eigenvalue weighted by Gasteiger charge is -2.15. The van der Waals surface area contributed by atoms with E-state index in [1.165, 1.54) is 5.56 Å². The van der Waals surface area contributed by atoms with Gasteiger partial charge in [-0.15, -0.1) is 11.3 Å². The van der Waals surface area contributed by atoms with Crippen molar-refractivity contribution in [1.29, 1.82) is 0 Å². The van der Waals surface area contributed by atoms with Crippen LogP contribution >= 0.6 is 11.3 Å². The maximum atomic E-state index is 12.6. The van der Waals surface area contributed by atoms with Crippen LogP contribution in [0.15, 0.2) is 60.2 Å². The zero-order valence-corrected chi connectivity index (χ0v) is 16.5. The topological polar surface area (TPSA) is 71.8 Å². The lowest BCUT2D eigenvalue weighted by atomic mass is 10.1. The summed E-state index contributed by atoms with van der Waals surface area (Å²) in [7, 11) is 1.88. The van der Waals surface area contributed by atoms with E-state index in [1.807, 2.05) is 49.8 Å². The minimum Gasteiger partial charge on any atom is -0.331 e. The van der Waals surface area contributed by atoms with Crippen LogP contribution in [0.3, 0.4) is 0 Å². The number of amides is 2. The molecule has 2 aromatic carbocycles. The third-order valence-corrected chi connectivity index (χ3v) is 5.52. The molecule has 0 aliphatic heterocycles. The molecule has 0 aliphatic carbocycles. The number of rotatable bonds is 5. The van der Waals surface area contributed by atoms with Gasteiger partial charge >= 0.3 is 6.03 Å². The molecule has 2 N–H and O–H groups in total. The normalized spacial score (nSPS) is 12.1. The predicted octanol–water partition coefficient (Wildman–Crippen LogP) is 4.50. The highest BCUT2D eigenvalue weighted by Crippen LogP contribution is 2.23. The summed E-state index contributed by atoms with van der Waals surface area (Å²) < 4.78 is 2.91. The number of anilines is 1. The Balaban J connectivity index is 1.45. The fourth-order valence-electron chi connectivity index (χ4n) is 3.15. The molecule has 0 aliphatic rings. The van der Waals surface area contributed by atoms with E-state index in [1.54, 1.807) is 22.2 Å². The second kappa shape index (κ2) is 7.82. The van der Waals surface area contributed by atoms with Crippen LogP contribution in [0.5, 0.6) is 0 Å². The zero-order chi connectivity index (χ0) is 19.5. The number of urea groups is 1. The molecular weight excluding hydrogens is 370 g/mol. The first kappa shape index (κ1) is 18.2. The van der Waals surface area contributed by atoms with Gasteiger partial charge in [-0.25, -0.2) is 9.78 Å². The molecule has 6 nitrogen and oxygen atoms in total. The highest BCUT2D eigenvalue weighted by atomic mass is 32.1. The van der Waals surface area contributed by atoms with Crippen molar-refractivity contribution in [1.82, 2.24) is 20.1 Å². The summed E-state index contributed by atoms with van der Waals surface area (Å²) in [5.74, 6) is 0. The van der Waals surface area contributed by atoms with Crippen LogP contribution in [0.4, 0.5) is 10.5 Å². The Morgan fingerprint density at radius 3 is 2.86 bits per heavy atom. The fourth-order valence-corrected chi connectivity index (χ4v) is 3.87. The minimum atomic E-state index is -0.251. The Kier molecular flexibility index (Phi) is 5.08. The van der Waals surface area contributed by atoms with Crippen molar-refractivity contribution in [3.8, 4) is 0 Å². The Morgan fingerprint density at radius 1 is 1.21 bits per heavy atom. The first-order chi connectivity index (χ1) is 13.6. The summed E-state index contributed by atoms with van der Waals surface area (Å²) >= 11 is 1.60. The van der Waals surface area contributed by atoms with Gasteiger partial charge in [0.1, 0.15) is 0 Å². The fraction of sp³-hybridized carbons (Fsp3) is 0.190. The van der Waals surface area contributed by atoms with Gasteiger partial charge in [0, 0.05) is 13.5 Å². The molecule has 142 valence electrons. The molecule has 2 heterocycles. The van der Waals surface area contributed by atoms with Crippen LogP contribution in [-0.2, 0) is 13.5 Å². The van der Waals surface area contributed by atoms with Crippen LogP contribution in [0, 0.1) is 0 Å². The van der Waals surface area contributed by atoms with Gasteiger partial charge in [-0.05, 0) is 30.2 Å². The van der Waals surface area contributed by atoms with Gasteiger partial charge in [0.2, 0.25) is 0 Å². The lowest BCUT2D eigenvalue weighted by molar-refractivity contribution is 0.249. The van der Waals surface area contributed by atoms with Gasteiger partial charge in [-0.3, -0.25) is 4.68 Å². The molecule has 4 aromatic rings. The SMILES string of the molecule is CC(NC(=O)Nc1cnn(C)c1Cc1ccccc1)c1ccc2ncsc2c1. The van der Waals surface area contributed by atoms with E-state index in [0.717, 1.165) is 21.5 Å². The number of hydrogen-bond donors (Lipinski definition) is 2. The molecule has 0 fully saturated rings. The molecule has 2 aromatic heterocycles. The molecule has 0 saturated carbocycles. The summed E-state index contributed by atoms with van der Waals surface area (Å²) in [5, 5.41) is 10.2. The maximum absolute atomic E-state index is 12.6. The quantitative estimate of drug-likeness (QED) is 0.526. The molecule has 0 bridgehead atoms. The van der Waals surface area contributed by atoms with Crippen molar-refractivity contribution in [3.05, 3.63) is 77.1 Å². The molecular formula is C21H21N5OS. The van der Waals surface area contributed by atoms with E-state index in [-0.39, 0.29) is 12.1 Å². The number of carbonyl (C=O) groups is 1. The average molecular weight is 392 g/mol. The van der Waals surface area contributed by atoms with Gasteiger partial charge in [0.15, 0.2) is 0 Å². The van der Waals surface area contributed by atoms with Crippen molar-refractivity contribution in [3.63, 3.8) is 0 Å². The van der Waals surface area contributed by atoms with E-state index in [9.17, 15) is 4.79 Å². The zero-order valence-electron chi connectivity index (χ0n) is 15.7. The largest absolute Gasteiger partial charge is 0.331 e. The first-order valence-corrected chi connectivity index (χ1v) is 9.93. The number of benzene rings is 2. The number of carbonyl (C=O) groups excluding carboxylic acids is 1. The highest BCUT2D eigenvalue weighted by molar-refractivity contribution is 7.16. The van der Waals surface area contributed by atoms with Crippen molar-refractivity contribution in [2.75, 3.05) is 5.32 Å². The minimum absolute atomic E-state index is 0.124. The third kappa shape index (κ3) is 3.89. The van der Waals surface area contributed by atoms with Gasteiger partial charge in [0.05, 0.1) is 39.3 Å². The summed E-state index contributed by atoms with van der Waals surface area (Å²) in [4.78, 5) is 16.8. The summed E-state index contributed by atoms with van der Waals surface area (Å²) in [6.07, 6.45) is 2.39. The number of nitrogens with zero attached hydrogens (tertiary/aromatic N) is 3. The van der Waals surface area contributed by atoms with Crippen molar-refractivity contribution in [2.45, 2.75) is 19.4 Å². The number of aryl methyl sites for hydroxylation is 1. The molecule has 2 amide bonds. The molecule has 0 radical (unpaired) electrons. The standard InChI is InChI=1S/C21H21N5OS/c1-14(16-8-9-17-20(11-16)28-13-22-17)24-21(27)25-18-12-23-26(2)19(18)10-15-6-4-3-5-7-15/h3-9,11-14H,10H2,1-2H3,(H2,24,25,27). The Morgan fingerprint density at radius 2 is 2.04 bits per heavy atom. The van der Waals surface area contributed by atoms with E-state index < -0.39 is 0 Å². The molecule has 4 rings (SSSR count). The lowest BCUT2D eigenvalue weighted by Crippen LogP contribution is -2.31. The van der Waals surface area contributed by atoms with Crippen LogP contribution in [-0.4, -0.2) is 20.8 Å². The number of thiazole rings is 1. The van der Waals surface area contributed by atoms with E-state index in [2.05, 4.69) is 38.9 Å². The number of fused-ring (bicyclic) bond motifs is 1. The number of hydrogen-bond acceptors (Lipinski definition) is 4. The van der Waals surface area contributed by atoms with Crippen LogP contribution in [0.2, 0.25) is 0 Å². The summed E-state index contributed by atoms with van der Waals surface area (Å²) in [6, 6.07) is 15.8. The number of aromatic nitrogens is 3. The summed E-state index contributed by atoms with van der Waals surface area (Å²) in [5.41, 5.74) is 6.69. The van der Waals surface area contributed by atoms with Gasteiger partial charge in [-0.1, -0.05) is 36.4 Å². The monoisotopic (exact) mass is 391 g/mol. The molecule has 28 heavy (non-hydrogen) atoms. The summed E-state index contributed by atoms with van der Waals surface area (Å²) in [6.45, 7) is 1.97. The first-order valence-electron chi connectivity index (χ1n) is 9.05. The molecule has 0 spiro atoms. The Bertz CT molecular complexity index is 1100. The predicted molar refractivity (Wildman–Crippen MR) is 113 cm³/mol. The Labute approximate surface area is 167 Å². The third-order valence-electron chi connectivity index (χ3n) is 4.73. The van der Waals surface area contributed by atoms with E-state index in [0.29, 0.717) is 12.1 Å². The van der Waals surface area contributed by atoms with E-state index in [4.69, 9.17) is 0 Å². The van der Waals surface area contributed by atoms with Crippen LogP contribution < -0.4 is 10.6 Å². The smallest absolute Gasteiger partial charge is 0.319 e. The Hall–Kier alpha value is -3.19. The van der Waals surface area contributed by atoms with Crippen LogP contribution in [0.25, 0.3) is 10.2 Å². The molecule has 1 unspecified atom stereocenters. The molecule has 0 saturated heterocycles. The second-order valence-electron chi connectivity index (χ2n) is 6.69. The highest BCUT2D eigenvalue weighted by Gasteiger charge is 2.15. The van der Waals surface area contributed by atoms with Gasteiger partial charge < -0.3 is 10.6 Å². The average Bonchev–Trinajstić information content (AvgIpc) is 3.30. The maximum Gasteiger partial charge on any atom is 0.319 e. The van der Waals surface area contributed by atoms with Gasteiger partial charge in [-0.2, -0.15) is 5.10 Å².